The predicted molar refractivity (Wildman–Crippen MR) is 132 cm³/mol. The van der Waals surface area contributed by atoms with Crippen molar-refractivity contribution in [1.29, 1.82) is 0 Å². The van der Waals surface area contributed by atoms with Crippen LogP contribution < -0.4 is 5.32 Å². The van der Waals surface area contributed by atoms with E-state index >= 15 is 0 Å². The van der Waals surface area contributed by atoms with Crippen LogP contribution in [0, 0.1) is 0 Å². The number of nitrogens with one attached hydrogen (secondary N) is 1. The molecule has 3 N–H and O–H groups in total. The van der Waals surface area contributed by atoms with Crippen molar-refractivity contribution in [1.82, 2.24) is 4.90 Å². The van der Waals surface area contributed by atoms with Gasteiger partial charge < -0.3 is 29.7 Å². The Balaban J connectivity index is 1.47. The maximum atomic E-state index is 12.2. The first-order valence-electron chi connectivity index (χ1n) is 12.3. The van der Waals surface area contributed by atoms with Gasteiger partial charge in [0.05, 0.1) is 24.9 Å². The van der Waals surface area contributed by atoms with Crippen molar-refractivity contribution in [3.05, 3.63) is 65.2 Å². The molecule has 5 atom stereocenters. The molecule has 0 saturated carbocycles. The molecule has 2 aromatic carbocycles. The highest BCUT2D eigenvalue weighted by molar-refractivity contribution is 5.94. The van der Waals surface area contributed by atoms with Crippen LogP contribution in [0.3, 0.4) is 0 Å². The Morgan fingerprint density at radius 3 is 2.42 bits per heavy atom. The molecular formula is C27H34N2O7. The van der Waals surface area contributed by atoms with Gasteiger partial charge in [-0.25, -0.2) is 0 Å². The molecule has 0 unspecified atom stereocenters. The molecule has 2 saturated heterocycles. The highest BCUT2D eigenvalue weighted by atomic mass is 16.7. The van der Waals surface area contributed by atoms with Gasteiger partial charge in [-0.15, -0.1) is 0 Å². The number of hydrogen-bond donors (Lipinski definition) is 3. The summed E-state index contributed by atoms with van der Waals surface area (Å²) in [6.07, 6.45) is -0.656. The smallest absolute Gasteiger partial charge is 0.303 e. The number of benzene rings is 2. The normalized spacial score (nSPS) is 25.3. The van der Waals surface area contributed by atoms with Gasteiger partial charge in [-0.1, -0.05) is 36.4 Å². The first-order chi connectivity index (χ1) is 17.3. The number of likely N-dealkylation sites (tertiary alicyclic amines) is 1. The second-order valence-electron chi connectivity index (χ2n) is 9.42. The highest BCUT2D eigenvalue weighted by Gasteiger charge is 2.34. The fourth-order valence-corrected chi connectivity index (χ4v) is 4.57. The van der Waals surface area contributed by atoms with Gasteiger partial charge in [-0.2, -0.15) is 0 Å². The Kier molecular flexibility index (Phi) is 8.71. The molecule has 194 valence electrons. The van der Waals surface area contributed by atoms with Crippen LogP contribution in [0.5, 0.6) is 0 Å². The zero-order chi connectivity index (χ0) is 25.7. The fraction of sp³-hybridized carbons (Fsp3) is 0.481. The molecule has 2 aromatic rings. The van der Waals surface area contributed by atoms with Gasteiger partial charge in [-0.05, 0) is 36.6 Å². The van der Waals surface area contributed by atoms with E-state index in [4.69, 9.17) is 14.2 Å². The molecule has 0 spiro atoms. The Morgan fingerprint density at radius 2 is 1.81 bits per heavy atom. The SMILES string of the molecule is CC(=O)O[C@@H](C)C(=O)Nc1ccc([C@H]2O[C@@H](CN3CC[C@H](O)C3)C[C@@H](c3ccc(CO)cc3)O2)cc1. The number of carbonyl (C=O) groups excluding carboxylic acids is 2. The fourth-order valence-electron chi connectivity index (χ4n) is 4.57. The molecular weight excluding hydrogens is 464 g/mol. The Bertz CT molecular complexity index is 1030. The van der Waals surface area contributed by atoms with Gasteiger partial charge in [0.25, 0.3) is 5.91 Å². The highest BCUT2D eigenvalue weighted by Crippen LogP contribution is 2.38. The number of anilines is 1. The van der Waals surface area contributed by atoms with Crippen LogP contribution >= 0.6 is 0 Å². The minimum Gasteiger partial charge on any atom is -0.453 e. The summed E-state index contributed by atoms with van der Waals surface area (Å²) in [6.45, 7) is 4.94. The number of aliphatic hydroxyl groups excluding tert-OH is 2. The lowest BCUT2D eigenvalue weighted by molar-refractivity contribution is -0.252. The van der Waals surface area contributed by atoms with E-state index in [9.17, 15) is 19.8 Å². The van der Waals surface area contributed by atoms with E-state index < -0.39 is 24.3 Å². The van der Waals surface area contributed by atoms with E-state index in [1.54, 1.807) is 12.1 Å². The molecule has 0 radical (unpaired) electrons. The zero-order valence-electron chi connectivity index (χ0n) is 20.6. The third-order valence-electron chi connectivity index (χ3n) is 6.49. The summed E-state index contributed by atoms with van der Waals surface area (Å²) in [5, 5.41) is 22.0. The van der Waals surface area contributed by atoms with Gasteiger partial charge in [0.15, 0.2) is 12.4 Å². The van der Waals surface area contributed by atoms with Crippen LogP contribution in [0.15, 0.2) is 48.5 Å². The van der Waals surface area contributed by atoms with Gasteiger partial charge >= 0.3 is 5.97 Å². The molecule has 2 aliphatic heterocycles. The number of nitrogens with zero attached hydrogens (tertiary/aromatic N) is 1. The van der Waals surface area contributed by atoms with Gasteiger partial charge in [0, 0.05) is 44.2 Å². The summed E-state index contributed by atoms with van der Waals surface area (Å²) in [4.78, 5) is 25.5. The van der Waals surface area contributed by atoms with Crippen molar-refractivity contribution >= 4 is 17.6 Å². The van der Waals surface area contributed by atoms with Gasteiger partial charge in [-0.3, -0.25) is 14.5 Å². The van der Waals surface area contributed by atoms with Crippen LogP contribution in [-0.4, -0.2) is 64.9 Å². The maximum Gasteiger partial charge on any atom is 0.303 e. The molecule has 2 heterocycles. The molecule has 9 heteroatoms. The lowest BCUT2D eigenvalue weighted by Gasteiger charge is -2.37. The largest absolute Gasteiger partial charge is 0.453 e. The molecule has 0 aliphatic carbocycles. The number of rotatable bonds is 8. The topological polar surface area (TPSA) is 118 Å². The zero-order valence-corrected chi connectivity index (χ0v) is 20.6. The van der Waals surface area contributed by atoms with Gasteiger partial charge in [0.2, 0.25) is 0 Å². The first-order valence-corrected chi connectivity index (χ1v) is 12.3. The number of hydrogen-bond acceptors (Lipinski definition) is 8. The second kappa shape index (κ2) is 11.9. The molecule has 4 rings (SSSR count). The third kappa shape index (κ3) is 6.89. The lowest BCUT2D eigenvalue weighted by Crippen LogP contribution is -2.38. The number of amides is 1. The standard InChI is InChI=1S/C27H34N2O7/c1-17(34-18(2)31)26(33)28-22-9-7-21(8-10-22)27-35-24(15-29-12-11-23(32)14-29)13-25(36-27)20-5-3-19(16-30)4-6-20/h3-10,17,23-25,27,30,32H,11-16H2,1-2H3,(H,28,33)/t17-,23-,24+,25-,27-/m0/s1. The number of β-amino-alcohol motifs (C(OH)–C–C–N with tert-alkyl or cyclic N) is 1. The average Bonchev–Trinajstić information content (AvgIpc) is 3.28. The number of aliphatic hydroxyl groups is 2. The molecule has 2 aliphatic rings. The van der Waals surface area contributed by atoms with Crippen molar-refractivity contribution in [3.63, 3.8) is 0 Å². The second-order valence-corrected chi connectivity index (χ2v) is 9.42. The van der Waals surface area contributed by atoms with Crippen molar-refractivity contribution in [2.24, 2.45) is 0 Å². The molecule has 36 heavy (non-hydrogen) atoms. The maximum absolute atomic E-state index is 12.2. The van der Waals surface area contributed by atoms with Crippen LogP contribution in [0.2, 0.25) is 0 Å². The Labute approximate surface area is 211 Å². The predicted octanol–water partition coefficient (Wildman–Crippen LogP) is 2.68. The molecule has 0 aromatic heterocycles. The monoisotopic (exact) mass is 498 g/mol. The summed E-state index contributed by atoms with van der Waals surface area (Å²) in [7, 11) is 0. The van der Waals surface area contributed by atoms with Crippen molar-refractivity contribution < 1.29 is 34.0 Å². The van der Waals surface area contributed by atoms with E-state index in [1.807, 2.05) is 36.4 Å². The molecule has 9 nitrogen and oxygen atoms in total. The number of carbonyl (C=O) groups is 2. The Morgan fingerprint density at radius 1 is 1.11 bits per heavy atom. The third-order valence-corrected chi connectivity index (χ3v) is 6.49. The van der Waals surface area contributed by atoms with Crippen molar-refractivity contribution in [2.75, 3.05) is 25.0 Å². The van der Waals surface area contributed by atoms with Crippen LogP contribution in [0.25, 0.3) is 0 Å². The minimum absolute atomic E-state index is 0.0139. The Hall–Kier alpha value is -2.82. The van der Waals surface area contributed by atoms with Crippen LogP contribution in [0.4, 0.5) is 5.69 Å². The van der Waals surface area contributed by atoms with E-state index in [2.05, 4.69) is 10.2 Å². The van der Waals surface area contributed by atoms with E-state index in [0.29, 0.717) is 25.2 Å². The molecule has 0 bridgehead atoms. The van der Waals surface area contributed by atoms with Crippen LogP contribution in [-0.2, 0) is 30.4 Å². The number of esters is 1. The summed E-state index contributed by atoms with van der Waals surface area (Å²) < 4.78 is 17.6. The molecule has 1 amide bonds. The molecule has 2 fully saturated rings. The van der Waals surface area contributed by atoms with E-state index in [0.717, 1.165) is 29.7 Å². The summed E-state index contributed by atoms with van der Waals surface area (Å²) in [5.74, 6) is -0.930. The number of ether oxygens (including phenoxy) is 3. The average molecular weight is 499 g/mol. The minimum atomic E-state index is -0.893. The van der Waals surface area contributed by atoms with Crippen molar-refractivity contribution in [3.8, 4) is 0 Å². The quantitative estimate of drug-likeness (QED) is 0.476. The van der Waals surface area contributed by atoms with E-state index in [1.165, 1.54) is 13.8 Å². The van der Waals surface area contributed by atoms with Crippen LogP contribution in [0.1, 0.15) is 55.8 Å². The van der Waals surface area contributed by atoms with Gasteiger partial charge in [0.1, 0.15) is 0 Å². The summed E-state index contributed by atoms with van der Waals surface area (Å²) in [6, 6.07) is 14.9. The lowest BCUT2D eigenvalue weighted by atomic mass is 9.99. The summed E-state index contributed by atoms with van der Waals surface area (Å²) in [5.41, 5.74) is 3.22. The van der Waals surface area contributed by atoms with E-state index in [-0.39, 0.29) is 24.9 Å². The summed E-state index contributed by atoms with van der Waals surface area (Å²) >= 11 is 0. The van der Waals surface area contributed by atoms with Crippen molar-refractivity contribution in [2.45, 2.75) is 64.0 Å². The first kappa shape index (κ1) is 26.2.